The Balaban J connectivity index is 2.35. The number of sulfone groups is 1. The number of rotatable bonds is 6. The number of carboxylic acids is 1. The third-order valence-corrected chi connectivity index (χ3v) is 4.13. The molecule has 0 bridgehead atoms. The Morgan fingerprint density at radius 1 is 1.38 bits per heavy atom. The molecule has 1 N–H and O–H groups in total. The molecule has 21 heavy (non-hydrogen) atoms. The van der Waals surface area contributed by atoms with Crippen LogP contribution in [-0.2, 0) is 14.6 Å². The summed E-state index contributed by atoms with van der Waals surface area (Å²) in [5, 5.41) is 22.3. The van der Waals surface area contributed by atoms with Gasteiger partial charge in [0.2, 0.25) is 0 Å². The SMILES string of the molecule is O=C(O)CCOc1no[n+]([O-])c1S(=O)(=O)c1ccccc1. The minimum absolute atomic E-state index is 0.138. The Morgan fingerprint density at radius 3 is 2.67 bits per heavy atom. The fourth-order valence-corrected chi connectivity index (χ4v) is 2.77. The number of hydrogen-bond acceptors (Lipinski definition) is 7. The van der Waals surface area contributed by atoms with E-state index in [1.165, 1.54) is 24.3 Å². The highest BCUT2D eigenvalue weighted by Gasteiger charge is 2.35. The standard InChI is InChI=1S/C11H10N2O7S/c14-9(15)6-7-19-10-11(13(16)20-12-10)21(17,18)8-4-2-1-3-5-8/h1-5H,6-7H2,(H,14,15). The molecular formula is C11H10N2O7S. The van der Waals surface area contributed by atoms with Gasteiger partial charge in [0, 0.05) is 0 Å². The molecule has 1 aromatic carbocycles. The number of carboxylic acid groups (broad SMARTS) is 1. The molecule has 0 radical (unpaired) electrons. The first-order chi connectivity index (χ1) is 9.93. The van der Waals surface area contributed by atoms with Crippen molar-refractivity contribution >= 4 is 15.8 Å². The van der Waals surface area contributed by atoms with Gasteiger partial charge in [0.05, 0.1) is 16.5 Å². The summed E-state index contributed by atoms with van der Waals surface area (Å²) >= 11 is 0. The van der Waals surface area contributed by atoms with Gasteiger partial charge in [0.15, 0.2) is 0 Å². The highest BCUT2D eigenvalue weighted by Crippen LogP contribution is 2.24. The summed E-state index contributed by atoms with van der Waals surface area (Å²) in [4.78, 5) is 9.96. The molecule has 0 atom stereocenters. The zero-order chi connectivity index (χ0) is 15.5. The van der Waals surface area contributed by atoms with Crippen LogP contribution in [0.15, 0.2) is 44.9 Å². The Hall–Kier alpha value is -2.62. The third-order valence-electron chi connectivity index (χ3n) is 2.41. The van der Waals surface area contributed by atoms with Crippen LogP contribution in [0.2, 0.25) is 0 Å². The molecule has 0 aliphatic heterocycles. The molecule has 1 heterocycles. The maximum absolute atomic E-state index is 12.3. The first-order valence-electron chi connectivity index (χ1n) is 5.67. The van der Waals surface area contributed by atoms with Gasteiger partial charge < -0.3 is 15.1 Å². The number of nitrogens with zero attached hydrogens (tertiary/aromatic N) is 2. The zero-order valence-electron chi connectivity index (χ0n) is 10.5. The van der Waals surface area contributed by atoms with E-state index in [1.54, 1.807) is 6.07 Å². The molecule has 0 aliphatic rings. The van der Waals surface area contributed by atoms with Crippen LogP contribution in [0.3, 0.4) is 0 Å². The molecule has 1 aromatic heterocycles. The van der Waals surface area contributed by atoms with Gasteiger partial charge in [-0.15, -0.1) is 0 Å². The van der Waals surface area contributed by atoms with Crippen molar-refractivity contribution < 1.29 is 32.6 Å². The van der Waals surface area contributed by atoms with Gasteiger partial charge in [-0.05, 0) is 17.0 Å². The van der Waals surface area contributed by atoms with E-state index in [9.17, 15) is 18.4 Å². The highest BCUT2D eigenvalue weighted by atomic mass is 32.2. The lowest BCUT2D eigenvalue weighted by Gasteiger charge is -2.02. The molecule has 0 fully saturated rings. The predicted octanol–water partition coefficient (Wildman–Crippen LogP) is -0.00570. The summed E-state index contributed by atoms with van der Waals surface area (Å²) in [6, 6.07) is 7.18. The second-order valence-corrected chi connectivity index (χ2v) is 5.71. The average Bonchev–Trinajstić information content (AvgIpc) is 2.81. The van der Waals surface area contributed by atoms with Crippen LogP contribution in [0.5, 0.6) is 5.88 Å². The minimum atomic E-state index is -4.19. The Morgan fingerprint density at radius 2 is 2.05 bits per heavy atom. The van der Waals surface area contributed by atoms with Crippen molar-refractivity contribution in [2.75, 3.05) is 6.61 Å². The molecule has 0 spiro atoms. The van der Waals surface area contributed by atoms with E-state index < -0.39 is 26.7 Å². The van der Waals surface area contributed by atoms with Crippen LogP contribution in [0, 0.1) is 5.21 Å². The monoisotopic (exact) mass is 314 g/mol. The third kappa shape index (κ3) is 3.11. The lowest BCUT2D eigenvalue weighted by Crippen LogP contribution is -2.31. The zero-order valence-corrected chi connectivity index (χ0v) is 11.3. The van der Waals surface area contributed by atoms with Gasteiger partial charge in [0.1, 0.15) is 6.61 Å². The molecule has 0 saturated carbocycles. The van der Waals surface area contributed by atoms with Gasteiger partial charge in [-0.2, -0.15) is 0 Å². The molecule has 2 aromatic rings. The molecule has 112 valence electrons. The second-order valence-electron chi connectivity index (χ2n) is 3.85. The van der Waals surface area contributed by atoms with Crippen molar-refractivity contribution in [3.63, 3.8) is 0 Å². The number of benzene rings is 1. The molecule has 0 unspecified atom stereocenters. The van der Waals surface area contributed by atoms with Gasteiger partial charge in [-0.3, -0.25) is 9.42 Å². The highest BCUT2D eigenvalue weighted by molar-refractivity contribution is 7.91. The van der Waals surface area contributed by atoms with Crippen molar-refractivity contribution in [1.29, 1.82) is 0 Å². The number of hydrogen-bond donors (Lipinski definition) is 1. The summed E-state index contributed by atoms with van der Waals surface area (Å²) in [6.07, 6.45) is -0.378. The summed E-state index contributed by atoms with van der Waals surface area (Å²) in [5.41, 5.74) is 0. The summed E-state index contributed by atoms with van der Waals surface area (Å²) in [6.45, 7) is -0.348. The predicted molar refractivity (Wildman–Crippen MR) is 65.1 cm³/mol. The Kier molecular flexibility index (Phi) is 4.08. The summed E-state index contributed by atoms with van der Waals surface area (Å²) < 4.78 is 33.7. The van der Waals surface area contributed by atoms with Crippen LogP contribution < -0.4 is 9.64 Å². The van der Waals surface area contributed by atoms with E-state index in [0.717, 1.165) is 0 Å². The van der Waals surface area contributed by atoms with E-state index >= 15 is 0 Å². The topological polar surface area (TPSA) is 134 Å². The maximum atomic E-state index is 12.3. The van der Waals surface area contributed by atoms with Gasteiger partial charge in [-0.25, -0.2) is 8.42 Å². The molecule has 0 saturated heterocycles. The quantitative estimate of drug-likeness (QED) is 0.736. The van der Waals surface area contributed by atoms with Crippen molar-refractivity contribution in [2.45, 2.75) is 16.3 Å². The Labute approximate surface area is 118 Å². The van der Waals surface area contributed by atoms with Gasteiger partial charge >= 0.3 is 16.9 Å². The summed E-state index contributed by atoms with van der Waals surface area (Å²) in [5.74, 6) is -1.71. The van der Waals surface area contributed by atoms with Crippen LogP contribution in [0.25, 0.3) is 0 Å². The maximum Gasteiger partial charge on any atom is 0.414 e. The lowest BCUT2D eigenvalue weighted by molar-refractivity contribution is -0.832. The van der Waals surface area contributed by atoms with E-state index in [1.807, 2.05) is 0 Å². The molecular weight excluding hydrogens is 304 g/mol. The number of aromatic nitrogens is 2. The van der Waals surface area contributed by atoms with Crippen LogP contribution in [0.1, 0.15) is 6.42 Å². The first kappa shape index (κ1) is 14.8. The number of ether oxygens (including phenoxy) is 1. The van der Waals surface area contributed by atoms with Crippen LogP contribution in [-0.4, -0.2) is 31.3 Å². The van der Waals surface area contributed by atoms with Gasteiger partial charge in [-0.1, -0.05) is 18.2 Å². The fraction of sp³-hybridized carbons (Fsp3) is 0.182. The number of aliphatic carboxylic acids is 1. The second kappa shape index (κ2) is 5.79. The largest absolute Gasteiger partial charge is 0.481 e. The normalized spacial score (nSPS) is 11.2. The van der Waals surface area contributed by atoms with E-state index in [4.69, 9.17) is 9.84 Å². The van der Waals surface area contributed by atoms with E-state index in [0.29, 0.717) is 0 Å². The van der Waals surface area contributed by atoms with Crippen molar-refractivity contribution in [2.24, 2.45) is 0 Å². The summed E-state index contributed by atoms with van der Waals surface area (Å²) in [7, 11) is -4.19. The molecule has 9 nitrogen and oxygen atoms in total. The van der Waals surface area contributed by atoms with E-state index in [-0.39, 0.29) is 22.8 Å². The molecule has 0 amide bonds. The number of carbonyl (C=O) groups is 1. The molecule has 2 rings (SSSR count). The van der Waals surface area contributed by atoms with E-state index in [2.05, 4.69) is 9.79 Å². The van der Waals surface area contributed by atoms with Crippen molar-refractivity contribution in [3.8, 4) is 5.88 Å². The van der Waals surface area contributed by atoms with Crippen LogP contribution in [0.4, 0.5) is 0 Å². The lowest BCUT2D eigenvalue weighted by atomic mass is 10.4. The first-order valence-corrected chi connectivity index (χ1v) is 7.15. The average molecular weight is 314 g/mol. The smallest absolute Gasteiger partial charge is 0.414 e. The van der Waals surface area contributed by atoms with Crippen molar-refractivity contribution in [1.82, 2.24) is 5.16 Å². The fourth-order valence-electron chi connectivity index (χ4n) is 1.48. The van der Waals surface area contributed by atoms with Crippen LogP contribution >= 0.6 is 0 Å². The minimum Gasteiger partial charge on any atom is -0.481 e. The Bertz CT molecular complexity index is 739. The molecule has 0 aliphatic carbocycles. The van der Waals surface area contributed by atoms with Gasteiger partial charge in [0.25, 0.3) is 9.84 Å². The van der Waals surface area contributed by atoms with Crippen molar-refractivity contribution in [3.05, 3.63) is 35.5 Å². The molecule has 10 heteroatoms.